The molecule has 0 saturated carbocycles. The molecule has 0 bridgehead atoms. The van der Waals surface area contributed by atoms with Crippen LogP contribution in [0.1, 0.15) is 11.3 Å². The molecule has 2 rings (SSSR count). The Morgan fingerprint density at radius 2 is 1.76 bits per heavy atom. The van der Waals surface area contributed by atoms with Gasteiger partial charge in [0.2, 0.25) is 10.0 Å². The van der Waals surface area contributed by atoms with E-state index in [4.69, 9.17) is 4.42 Å². The molecular weight excluding hydrogens is 307 g/mol. The number of rotatable bonds is 5. The molecule has 0 amide bonds. The van der Waals surface area contributed by atoms with Crippen molar-refractivity contribution in [1.29, 1.82) is 0 Å². The third kappa shape index (κ3) is 4.08. The van der Waals surface area contributed by atoms with Gasteiger partial charge in [0.15, 0.2) is 0 Å². The highest BCUT2D eigenvalue weighted by Crippen LogP contribution is 2.29. The topological polar surface area (TPSA) is 59.3 Å². The van der Waals surface area contributed by atoms with Crippen molar-refractivity contribution < 1.29 is 26.0 Å². The summed E-state index contributed by atoms with van der Waals surface area (Å²) in [5.74, 6) is 0.616. The summed E-state index contributed by atoms with van der Waals surface area (Å²) in [5, 5.41) is 0. The van der Waals surface area contributed by atoms with Crippen LogP contribution in [-0.2, 0) is 22.6 Å². The molecule has 8 heteroatoms. The number of hydrogen-bond acceptors (Lipinski definition) is 3. The number of halogens is 3. The third-order valence-electron chi connectivity index (χ3n) is 2.74. The molecule has 1 N–H and O–H groups in total. The van der Waals surface area contributed by atoms with Gasteiger partial charge in [0.25, 0.3) is 0 Å². The van der Waals surface area contributed by atoms with Crippen LogP contribution in [0.4, 0.5) is 13.2 Å². The number of alkyl halides is 3. The van der Waals surface area contributed by atoms with Gasteiger partial charge in [-0.1, -0.05) is 0 Å². The van der Waals surface area contributed by atoms with Gasteiger partial charge in [0.05, 0.1) is 16.7 Å². The summed E-state index contributed by atoms with van der Waals surface area (Å²) in [4.78, 5) is -0.213. The van der Waals surface area contributed by atoms with Gasteiger partial charge in [0, 0.05) is 13.0 Å². The molecule has 0 unspecified atom stereocenters. The first-order valence-corrected chi connectivity index (χ1v) is 7.47. The average molecular weight is 319 g/mol. The van der Waals surface area contributed by atoms with Crippen molar-refractivity contribution in [1.82, 2.24) is 4.72 Å². The molecule has 4 nitrogen and oxygen atoms in total. The molecule has 1 heterocycles. The summed E-state index contributed by atoms with van der Waals surface area (Å²) >= 11 is 0. The molecule has 1 aromatic carbocycles. The lowest BCUT2D eigenvalue weighted by atomic mass is 10.2. The number of sulfonamides is 1. The fourth-order valence-corrected chi connectivity index (χ4v) is 2.70. The van der Waals surface area contributed by atoms with E-state index in [1.165, 1.54) is 6.26 Å². The Labute approximate surface area is 119 Å². The minimum absolute atomic E-state index is 0.0941. The van der Waals surface area contributed by atoms with Crippen LogP contribution in [-0.4, -0.2) is 15.0 Å². The Balaban J connectivity index is 2.02. The fraction of sp³-hybridized carbons (Fsp3) is 0.231. The second-order valence-corrected chi connectivity index (χ2v) is 6.02. The summed E-state index contributed by atoms with van der Waals surface area (Å²) < 4.78 is 68.3. The first kappa shape index (κ1) is 15.6. The highest BCUT2D eigenvalue weighted by molar-refractivity contribution is 7.89. The van der Waals surface area contributed by atoms with E-state index in [1.54, 1.807) is 12.1 Å². The maximum Gasteiger partial charge on any atom is 0.416 e. The normalized spacial score (nSPS) is 12.5. The minimum atomic E-state index is -4.49. The van der Waals surface area contributed by atoms with Crippen molar-refractivity contribution >= 4 is 10.0 Å². The van der Waals surface area contributed by atoms with Crippen molar-refractivity contribution in [2.75, 3.05) is 6.54 Å². The van der Waals surface area contributed by atoms with E-state index < -0.39 is 21.8 Å². The van der Waals surface area contributed by atoms with Crippen LogP contribution in [0.2, 0.25) is 0 Å². The predicted octanol–water partition coefficient (Wildman–Crippen LogP) is 2.82. The first-order valence-electron chi connectivity index (χ1n) is 5.98. The predicted molar refractivity (Wildman–Crippen MR) is 69.0 cm³/mol. The van der Waals surface area contributed by atoms with E-state index in [2.05, 4.69) is 4.72 Å². The third-order valence-corrected chi connectivity index (χ3v) is 4.21. The smallest absolute Gasteiger partial charge is 0.416 e. The van der Waals surface area contributed by atoms with Crippen molar-refractivity contribution in [3.8, 4) is 0 Å². The van der Waals surface area contributed by atoms with Crippen molar-refractivity contribution in [2.45, 2.75) is 17.5 Å². The number of hydrogen-bond donors (Lipinski definition) is 1. The monoisotopic (exact) mass is 319 g/mol. The number of furan rings is 1. The summed E-state index contributed by atoms with van der Waals surface area (Å²) in [5.41, 5.74) is -0.892. The standard InChI is InChI=1S/C13H12F3NO3S/c14-13(15,16)10-3-5-12(6-4-10)21(18,19)17-8-7-11-2-1-9-20-11/h1-6,9,17H,7-8H2. The Hall–Kier alpha value is -1.80. The average Bonchev–Trinajstić information content (AvgIpc) is 2.91. The van der Waals surface area contributed by atoms with Gasteiger partial charge < -0.3 is 4.42 Å². The molecule has 21 heavy (non-hydrogen) atoms. The zero-order valence-electron chi connectivity index (χ0n) is 10.7. The van der Waals surface area contributed by atoms with E-state index in [-0.39, 0.29) is 11.4 Å². The van der Waals surface area contributed by atoms with Crippen LogP contribution in [0.5, 0.6) is 0 Å². The van der Waals surface area contributed by atoms with Crippen LogP contribution in [0, 0.1) is 0 Å². The van der Waals surface area contributed by atoms with E-state index in [9.17, 15) is 21.6 Å². The van der Waals surface area contributed by atoms with E-state index >= 15 is 0 Å². The summed E-state index contributed by atoms with van der Waals surface area (Å²) in [7, 11) is -3.83. The largest absolute Gasteiger partial charge is 0.469 e. The van der Waals surface area contributed by atoms with Gasteiger partial charge in [-0.15, -0.1) is 0 Å². The molecule has 0 radical (unpaired) electrons. The van der Waals surface area contributed by atoms with E-state index in [0.29, 0.717) is 12.2 Å². The second-order valence-electron chi connectivity index (χ2n) is 4.25. The Morgan fingerprint density at radius 1 is 1.10 bits per heavy atom. The molecule has 1 aromatic heterocycles. The minimum Gasteiger partial charge on any atom is -0.469 e. The molecular formula is C13H12F3NO3S. The second kappa shape index (κ2) is 5.90. The fourth-order valence-electron chi connectivity index (χ4n) is 1.67. The Kier molecular flexibility index (Phi) is 4.38. The molecule has 0 fully saturated rings. The van der Waals surface area contributed by atoms with E-state index in [0.717, 1.165) is 24.3 Å². The molecule has 0 saturated heterocycles. The maximum absolute atomic E-state index is 12.4. The summed E-state index contributed by atoms with van der Waals surface area (Å²) in [6, 6.07) is 6.71. The molecule has 0 aliphatic carbocycles. The highest BCUT2D eigenvalue weighted by Gasteiger charge is 2.30. The van der Waals surface area contributed by atoms with Crippen molar-refractivity contribution in [3.63, 3.8) is 0 Å². The summed E-state index contributed by atoms with van der Waals surface area (Å²) in [6.45, 7) is 0.0941. The molecule has 0 atom stereocenters. The number of benzene rings is 1. The van der Waals surface area contributed by atoms with Crippen LogP contribution >= 0.6 is 0 Å². The summed E-state index contributed by atoms with van der Waals surface area (Å²) in [6.07, 6.45) is -2.67. The zero-order valence-corrected chi connectivity index (χ0v) is 11.5. The SMILES string of the molecule is O=S(=O)(NCCc1ccco1)c1ccc(C(F)(F)F)cc1. The van der Waals surface area contributed by atoms with Crippen molar-refractivity contribution in [3.05, 3.63) is 54.0 Å². The molecule has 2 aromatic rings. The van der Waals surface area contributed by atoms with Gasteiger partial charge in [-0.2, -0.15) is 13.2 Å². The van der Waals surface area contributed by atoms with Gasteiger partial charge in [0.1, 0.15) is 5.76 Å². The van der Waals surface area contributed by atoms with Gasteiger partial charge in [-0.25, -0.2) is 13.1 Å². The first-order chi connectivity index (χ1) is 9.79. The van der Waals surface area contributed by atoms with Gasteiger partial charge in [-0.05, 0) is 36.4 Å². The maximum atomic E-state index is 12.4. The highest BCUT2D eigenvalue weighted by atomic mass is 32.2. The van der Waals surface area contributed by atoms with Crippen LogP contribution in [0.25, 0.3) is 0 Å². The molecule has 0 aliphatic rings. The Morgan fingerprint density at radius 3 is 2.29 bits per heavy atom. The van der Waals surface area contributed by atoms with Crippen LogP contribution < -0.4 is 4.72 Å². The number of nitrogens with one attached hydrogen (secondary N) is 1. The lowest BCUT2D eigenvalue weighted by Gasteiger charge is -2.09. The molecule has 0 spiro atoms. The van der Waals surface area contributed by atoms with Crippen LogP contribution in [0.3, 0.4) is 0 Å². The van der Waals surface area contributed by atoms with Gasteiger partial charge >= 0.3 is 6.18 Å². The lowest BCUT2D eigenvalue weighted by molar-refractivity contribution is -0.137. The van der Waals surface area contributed by atoms with Crippen LogP contribution in [0.15, 0.2) is 52.0 Å². The van der Waals surface area contributed by atoms with Gasteiger partial charge in [-0.3, -0.25) is 0 Å². The Bertz CT molecular complexity index is 676. The van der Waals surface area contributed by atoms with Crippen molar-refractivity contribution in [2.24, 2.45) is 0 Å². The molecule has 114 valence electrons. The zero-order chi connectivity index (χ0) is 15.5. The quantitative estimate of drug-likeness (QED) is 0.922. The lowest BCUT2D eigenvalue weighted by Crippen LogP contribution is -2.26. The molecule has 0 aliphatic heterocycles. The van der Waals surface area contributed by atoms with E-state index in [1.807, 2.05) is 0 Å².